The largest absolute Gasteiger partial charge is 0.339 e. The standard InChI is InChI=1S/C17H24F2N2O/c1-11(14-10-13(18)7-8-15(14)19)21(2)17(22)9-12-5-3-4-6-16(12)20/h7-8,10-12,16H,3-6,9,20H2,1-2H3. The highest BCUT2D eigenvalue weighted by Gasteiger charge is 2.27. The van der Waals surface area contributed by atoms with Crippen molar-refractivity contribution in [3.63, 3.8) is 0 Å². The first-order chi connectivity index (χ1) is 10.4. The quantitative estimate of drug-likeness (QED) is 0.926. The molecule has 2 N–H and O–H groups in total. The van der Waals surface area contributed by atoms with Crippen LogP contribution in [0.5, 0.6) is 0 Å². The van der Waals surface area contributed by atoms with Gasteiger partial charge in [-0.15, -0.1) is 0 Å². The van der Waals surface area contributed by atoms with Crippen LogP contribution in [0.2, 0.25) is 0 Å². The first-order valence-electron chi connectivity index (χ1n) is 7.86. The Hall–Kier alpha value is -1.49. The van der Waals surface area contributed by atoms with Gasteiger partial charge in [0.05, 0.1) is 6.04 Å². The van der Waals surface area contributed by atoms with Crippen molar-refractivity contribution < 1.29 is 13.6 Å². The van der Waals surface area contributed by atoms with Gasteiger partial charge in [0.2, 0.25) is 5.91 Å². The van der Waals surface area contributed by atoms with E-state index in [1.54, 1.807) is 14.0 Å². The summed E-state index contributed by atoms with van der Waals surface area (Å²) in [6.07, 6.45) is 4.51. The normalized spacial score (nSPS) is 23.1. The van der Waals surface area contributed by atoms with E-state index in [1.165, 1.54) is 4.90 Å². The second-order valence-corrected chi connectivity index (χ2v) is 6.26. The van der Waals surface area contributed by atoms with Crippen LogP contribution in [-0.2, 0) is 4.79 Å². The summed E-state index contributed by atoms with van der Waals surface area (Å²) in [4.78, 5) is 13.9. The van der Waals surface area contributed by atoms with Crippen LogP contribution in [0.15, 0.2) is 18.2 Å². The number of carbonyl (C=O) groups excluding carboxylic acids is 1. The van der Waals surface area contributed by atoms with Crippen LogP contribution < -0.4 is 5.73 Å². The molecule has 0 spiro atoms. The van der Waals surface area contributed by atoms with E-state index in [2.05, 4.69) is 0 Å². The van der Waals surface area contributed by atoms with Crippen molar-refractivity contribution in [2.45, 2.75) is 51.1 Å². The lowest BCUT2D eigenvalue weighted by Crippen LogP contribution is -2.38. The molecule has 5 heteroatoms. The summed E-state index contributed by atoms with van der Waals surface area (Å²) in [5.74, 6) is -0.881. The van der Waals surface area contributed by atoms with E-state index in [0.717, 1.165) is 43.9 Å². The van der Waals surface area contributed by atoms with Gasteiger partial charge in [0.1, 0.15) is 11.6 Å². The van der Waals surface area contributed by atoms with Crippen molar-refractivity contribution in [3.8, 4) is 0 Å². The van der Waals surface area contributed by atoms with E-state index in [4.69, 9.17) is 5.73 Å². The number of hydrogen-bond donors (Lipinski definition) is 1. The van der Waals surface area contributed by atoms with Gasteiger partial charge in [-0.3, -0.25) is 4.79 Å². The molecule has 1 aliphatic carbocycles. The number of amides is 1. The van der Waals surface area contributed by atoms with Gasteiger partial charge in [-0.2, -0.15) is 0 Å². The molecule has 0 saturated heterocycles. The molecule has 2 rings (SSSR count). The van der Waals surface area contributed by atoms with Crippen molar-refractivity contribution in [2.24, 2.45) is 11.7 Å². The summed E-state index contributed by atoms with van der Waals surface area (Å²) in [6.45, 7) is 1.70. The molecule has 0 heterocycles. The van der Waals surface area contributed by atoms with Crippen LogP contribution in [-0.4, -0.2) is 23.9 Å². The van der Waals surface area contributed by atoms with Crippen molar-refractivity contribution >= 4 is 5.91 Å². The van der Waals surface area contributed by atoms with Crippen LogP contribution in [0.3, 0.4) is 0 Å². The first-order valence-corrected chi connectivity index (χ1v) is 7.86. The smallest absolute Gasteiger partial charge is 0.223 e. The zero-order valence-electron chi connectivity index (χ0n) is 13.2. The molecule has 122 valence electrons. The third kappa shape index (κ3) is 3.83. The Morgan fingerprint density at radius 1 is 1.36 bits per heavy atom. The summed E-state index contributed by atoms with van der Waals surface area (Å²) in [5, 5.41) is 0. The SMILES string of the molecule is CC(c1cc(F)ccc1F)N(C)C(=O)CC1CCCCC1N. The third-order valence-electron chi connectivity index (χ3n) is 4.79. The molecule has 1 aromatic carbocycles. The van der Waals surface area contributed by atoms with Gasteiger partial charge in [0, 0.05) is 25.1 Å². The minimum absolute atomic E-state index is 0.0623. The van der Waals surface area contributed by atoms with Crippen LogP contribution in [0.25, 0.3) is 0 Å². The molecule has 1 aliphatic rings. The zero-order chi connectivity index (χ0) is 16.3. The van der Waals surface area contributed by atoms with Crippen LogP contribution in [0.4, 0.5) is 8.78 Å². The summed E-state index contributed by atoms with van der Waals surface area (Å²) >= 11 is 0. The number of carbonyl (C=O) groups is 1. The monoisotopic (exact) mass is 310 g/mol. The van der Waals surface area contributed by atoms with Gasteiger partial charge < -0.3 is 10.6 Å². The fourth-order valence-electron chi connectivity index (χ4n) is 3.12. The van der Waals surface area contributed by atoms with E-state index in [9.17, 15) is 13.6 Å². The van der Waals surface area contributed by atoms with Gasteiger partial charge in [-0.05, 0) is 43.9 Å². The fraction of sp³-hybridized carbons (Fsp3) is 0.588. The molecule has 3 nitrogen and oxygen atoms in total. The molecule has 0 radical (unpaired) electrons. The van der Waals surface area contributed by atoms with Crippen LogP contribution in [0.1, 0.15) is 50.6 Å². The molecule has 3 unspecified atom stereocenters. The maximum Gasteiger partial charge on any atom is 0.223 e. The molecule has 0 aromatic heterocycles. The predicted octanol–water partition coefficient (Wildman–Crippen LogP) is 3.39. The Morgan fingerprint density at radius 3 is 2.73 bits per heavy atom. The Balaban J connectivity index is 2.04. The molecule has 0 aliphatic heterocycles. The number of hydrogen-bond acceptors (Lipinski definition) is 2. The minimum Gasteiger partial charge on any atom is -0.339 e. The molecule has 1 amide bonds. The van der Waals surface area contributed by atoms with Crippen LogP contribution in [0, 0.1) is 17.6 Å². The molecule has 1 aromatic rings. The minimum atomic E-state index is -0.511. The van der Waals surface area contributed by atoms with E-state index >= 15 is 0 Å². The summed E-state index contributed by atoms with van der Waals surface area (Å²) in [7, 11) is 1.63. The highest BCUT2D eigenvalue weighted by Crippen LogP contribution is 2.28. The number of halogens is 2. The second-order valence-electron chi connectivity index (χ2n) is 6.26. The number of rotatable bonds is 4. The van der Waals surface area contributed by atoms with Gasteiger partial charge in [-0.1, -0.05) is 12.8 Å². The Labute approximate surface area is 130 Å². The van der Waals surface area contributed by atoms with Crippen molar-refractivity contribution in [3.05, 3.63) is 35.4 Å². The molecule has 3 atom stereocenters. The summed E-state index contributed by atoms with van der Waals surface area (Å²) < 4.78 is 27.1. The van der Waals surface area contributed by atoms with E-state index in [-0.39, 0.29) is 23.4 Å². The Morgan fingerprint density at radius 2 is 2.05 bits per heavy atom. The molecule has 1 saturated carbocycles. The van der Waals surface area contributed by atoms with Crippen molar-refractivity contribution in [1.29, 1.82) is 0 Å². The van der Waals surface area contributed by atoms with Crippen LogP contribution >= 0.6 is 0 Å². The van der Waals surface area contributed by atoms with E-state index in [1.807, 2.05) is 0 Å². The first kappa shape index (κ1) is 16.9. The summed E-state index contributed by atoms with van der Waals surface area (Å²) in [6, 6.07) is 2.87. The maximum absolute atomic E-state index is 13.8. The predicted molar refractivity (Wildman–Crippen MR) is 82.1 cm³/mol. The highest BCUT2D eigenvalue weighted by atomic mass is 19.1. The lowest BCUT2D eigenvalue weighted by atomic mass is 9.82. The second kappa shape index (κ2) is 7.18. The van der Waals surface area contributed by atoms with Gasteiger partial charge in [-0.25, -0.2) is 8.78 Å². The molecule has 1 fully saturated rings. The van der Waals surface area contributed by atoms with Gasteiger partial charge >= 0.3 is 0 Å². The molecular weight excluding hydrogens is 286 g/mol. The topological polar surface area (TPSA) is 46.3 Å². The Bertz CT molecular complexity index is 535. The highest BCUT2D eigenvalue weighted by molar-refractivity contribution is 5.76. The average molecular weight is 310 g/mol. The lowest BCUT2D eigenvalue weighted by Gasteiger charge is -2.31. The lowest BCUT2D eigenvalue weighted by molar-refractivity contribution is -0.133. The van der Waals surface area contributed by atoms with E-state index in [0.29, 0.717) is 6.42 Å². The van der Waals surface area contributed by atoms with E-state index < -0.39 is 17.7 Å². The van der Waals surface area contributed by atoms with Crippen molar-refractivity contribution in [2.75, 3.05) is 7.05 Å². The molecular formula is C17H24F2N2O. The van der Waals surface area contributed by atoms with Gasteiger partial charge in [0.15, 0.2) is 0 Å². The fourth-order valence-corrected chi connectivity index (χ4v) is 3.12. The van der Waals surface area contributed by atoms with Crippen molar-refractivity contribution in [1.82, 2.24) is 4.90 Å². The summed E-state index contributed by atoms with van der Waals surface area (Å²) in [5.41, 5.74) is 6.28. The Kier molecular flexibility index (Phi) is 5.51. The van der Waals surface area contributed by atoms with Gasteiger partial charge in [0.25, 0.3) is 0 Å². The number of nitrogens with two attached hydrogens (primary N) is 1. The third-order valence-corrected chi connectivity index (χ3v) is 4.79. The molecule has 22 heavy (non-hydrogen) atoms. The number of benzene rings is 1. The maximum atomic E-state index is 13.8. The number of nitrogens with zero attached hydrogens (tertiary/aromatic N) is 1. The zero-order valence-corrected chi connectivity index (χ0v) is 13.2. The molecule has 0 bridgehead atoms. The average Bonchev–Trinajstić information content (AvgIpc) is 2.50.